The third-order valence-corrected chi connectivity index (χ3v) is 7.43. The van der Waals surface area contributed by atoms with E-state index >= 15 is 0 Å². The second kappa shape index (κ2) is 9.01. The highest BCUT2D eigenvalue weighted by Gasteiger charge is 2.22. The van der Waals surface area contributed by atoms with Crippen LogP contribution in [0.25, 0.3) is 20.4 Å². The Hall–Kier alpha value is -2.75. The van der Waals surface area contributed by atoms with Crippen molar-refractivity contribution in [2.45, 2.75) is 37.6 Å². The lowest BCUT2D eigenvalue weighted by Gasteiger charge is -2.15. The Morgan fingerprint density at radius 1 is 1.34 bits per heavy atom. The van der Waals surface area contributed by atoms with Gasteiger partial charge in [-0.15, -0.1) is 11.3 Å². The first kappa shape index (κ1) is 21.1. The predicted octanol–water partition coefficient (Wildman–Crippen LogP) is 4.22. The Morgan fingerprint density at radius 2 is 2.25 bits per heavy atom. The van der Waals surface area contributed by atoms with Gasteiger partial charge in [-0.3, -0.25) is 14.2 Å². The summed E-state index contributed by atoms with van der Waals surface area (Å²) in [5.74, 6) is 0.00743. The lowest BCUT2D eigenvalue weighted by atomic mass is 10.2. The molecule has 4 heterocycles. The summed E-state index contributed by atoms with van der Waals surface area (Å²) >= 11 is 2.63. The molecule has 0 aliphatic carbocycles. The van der Waals surface area contributed by atoms with E-state index < -0.39 is 0 Å². The number of thioether (sulfide) groups is 1. The van der Waals surface area contributed by atoms with Gasteiger partial charge >= 0.3 is 0 Å². The summed E-state index contributed by atoms with van der Waals surface area (Å²) in [7, 11) is 0. The summed E-state index contributed by atoms with van der Waals surface area (Å²) in [6.45, 7) is 3.13. The summed E-state index contributed by atoms with van der Waals surface area (Å²) in [5.41, 5.74) is 2.37. The largest absolute Gasteiger partial charge is 0.376 e. The number of hydrogen-bond donors (Lipinski definition) is 1. The number of fused-ring (bicyclic) bond motifs is 3. The van der Waals surface area contributed by atoms with E-state index in [4.69, 9.17) is 9.72 Å². The van der Waals surface area contributed by atoms with E-state index in [0.717, 1.165) is 34.3 Å². The fraction of sp³-hybridized carbons (Fsp3) is 0.304. The molecule has 164 valence electrons. The average Bonchev–Trinajstić information content (AvgIpc) is 3.42. The Morgan fingerprint density at radius 3 is 3.06 bits per heavy atom. The molecular formula is C23H22N4O3S2. The maximum Gasteiger partial charge on any atom is 0.272 e. The molecule has 3 aromatic heterocycles. The van der Waals surface area contributed by atoms with Gasteiger partial charge in [0.25, 0.3) is 5.56 Å². The number of anilines is 1. The molecule has 1 aliphatic rings. The fourth-order valence-electron chi connectivity index (χ4n) is 3.85. The van der Waals surface area contributed by atoms with Gasteiger partial charge in [0.2, 0.25) is 5.91 Å². The first-order valence-electron chi connectivity index (χ1n) is 10.5. The molecule has 9 heteroatoms. The average molecular weight is 467 g/mol. The number of carbonyl (C=O) groups is 1. The third kappa shape index (κ3) is 4.28. The standard InChI is InChI=1S/C23H22N4O3S2/c1-14-5-2-6-15(11-14)25-18(28)13-31-23-26-19-17-8-3-9-24-21(17)32-20(19)22(29)27(23)12-16-7-4-10-30-16/h2-3,5-6,8-9,11,16H,4,7,10,12-13H2,1H3,(H,25,28). The van der Waals surface area contributed by atoms with Crippen molar-refractivity contribution in [3.63, 3.8) is 0 Å². The van der Waals surface area contributed by atoms with Crippen molar-refractivity contribution in [3.8, 4) is 0 Å². The SMILES string of the molecule is Cc1cccc(NC(=O)CSc2nc3c(sc4ncccc43)c(=O)n2CC2CCCO2)c1. The zero-order chi connectivity index (χ0) is 22.1. The zero-order valence-electron chi connectivity index (χ0n) is 17.5. The summed E-state index contributed by atoms with van der Waals surface area (Å²) in [6.07, 6.45) is 3.60. The lowest BCUT2D eigenvalue weighted by molar-refractivity contribution is -0.113. The fourth-order valence-corrected chi connectivity index (χ4v) is 5.69. The second-order valence-corrected chi connectivity index (χ2v) is 9.73. The number of amides is 1. The Bertz CT molecular complexity index is 1360. The quantitative estimate of drug-likeness (QED) is 0.338. The van der Waals surface area contributed by atoms with Crippen molar-refractivity contribution in [1.82, 2.24) is 14.5 Å². The van der Waals surface area contributed by atoms with Crippen LogP contribution in [0, 0.1) is 6.92 Å². The van der Waals surface area contributed by atoms with E-state index in [1.54, 1.807) is 10.8 Å². The summed E-state index contributed by atoms with van der Waals surface area (Å²) < 4.78 is 8.02. The number of aryl methyl sites for hydroxylation is 1. The third-order valence-electron chi connectivity index (χ3n) is 5.36. The second-order valence-electron chi connectivity index (χ2n) is 7.79. The Kier molecular flexibility index (Phi) is 5.95. The molecule has 1 unspecified atom stereocenters. The number of rotatable bonds is 6. The van der Waals surface area contributed by atoms with E-state index in [0.29, 0.717) is 28.5 Å². The number of aromatic nitrogens is 3. The van der Waals surface area contributed by atoms with Crippen LogP contribution in [-0.4, -0.2) is 38.9 Å². The van der Waals surface area contributed by atoms with Crippen LogP contribution < -0.4 is 10.9 Å². The van der Waals surface area contributed by atoms with Gasteiger partial charge in [0.1, 0.15) is 9.53 Å². The van der Waals surface area contributed by atoms with Crippen molar-refractivity contribution in [2.75, 3.05) is 17.7 Å². The monoisotopic (exact) mass is 466 g/mol. The molecule has 1 aliphatic heterocycles. The van der Waals surface area contributed by atoms with Crippen molar-refractivity contribution in [3.05, 3.63) is 58.5 Å². The van der Waals surface area contributed by atoms with Crippen molar-refractivity contribution >= 4 is 55.1 Å². The predicted molar refractivity (Wildman–Crippen MR) is 129 cm³/mol. The van der Waals surface area contributed by atoms with Gasteiger partial charge in [0.05, 0.1) is 23.9 Å². The van der Waals surface area contributed by atoms with Crippen LogP contribution in [0.3, 0.4) is 0 Å². The highest BCUT2D eigenvalue weighted by atomic mass is 32.2. The van der Waals surface area contributed by atoms with E-state index in [2.05, 4.69) is 10.3 Å². The molecule has 7 nitrogen and oxygen atoms in total. The molecular weight excluding hydrogens is 444 g/mol. The Balaban J connectivity index is 1.47. The smallest absolute Gasteiger partial charge is 0.272 e. The number of nitrogens with one attached hydrogen (secondary N) is 1. The summed E-state index contributed by atoms with van der Waals surface area (Å²) in [4.78, 5) is 36.0. The van der Waals surface area contributed by atoms with Crippen molar-refractivity contribution in [2.24, 2.45) is 0 Å². The molecule has 4 aromatic rings. The number of ether oxygens (including phenoxy) is 1. The lowest BCUT2D eigenvalue weighted by Crippen LogP contribution is -2.28. The van der Waals surface area contributed by atoms with Gasteiger partial charge in [0, 0.05) is 23.9 Å². The number of carbonyl (C=O) groups excluding carboxylic acids is 1. The van der Waals surface area contributed by atoms with E-state index in [1.165, 1.54) is 23.1 Å². The molecule has 1 fully saturated rings. The van der Waals surface area contributed by atoms with Gasteiger partial charge in [-0.25, -0.2) is 9.97 Å². The maximum absolute atomic E-state index is 13.4. The molecule has 1 N–H and O–H groups in total. The molecule has 0 bridgehead atoms. The molecule has 1 atom stereocenters. The zero-order valence-corrected chi connectivity index (χ0v) is 19.2. The molecule has 1 saturated heterocycles. The van der Waals surface area contributed by atoms with Crippen LogP contribution in [0.2, 0.25) is 0 Å². The van der Waals surface area contributed by atoms with Gasteiger partial charge in [-0.05, 0) is 49.6 Å². The molecule has 1 aromatic carbocycles. The minimum atomic E-state index is -0.143. The number of pyridine rings is 1. The molecule has 0 saturated carbocycles. The minimum absolute atomic E-state index is 0.0140. The topological polar surface area (TPSA) is 86.1 Å². The van der Waals surface area contributed by atoms with Gasteiger partial charge in [0.15, 0.2) is 5.16 Å². The molecule has 5 rings (SSSR count). The van der Waals surface area contributed by atoms with Crippen molar-refractivity contribution in [1.29, 1.82) is 0 Å². The normalized spacial score (nSPS) is 16.1. The number of benzene rings is 1. The van der Waals surface area contributed by atoms with E-state index in [1.807, 2.05) is 43.3 Å². The number of thiophene rings is 1. The molecule has 0 spiro atoms. The van der Waals surface area contributed by atoms with Crippen LogP contribution in [0.4, 0.5) is 5.69 Å². The summed E-state index contributed by atoms with van der Waals surface area (Å²) in [6, 6.07) is 11.4. The first-order valence-corrected chi connectivity index (χ1v) is 12.3. The highest BCUT2D eigenvalue weighted by molar-refractivity contribution is 7.99. The van der Waals surface area contributed by atoms with Crippen molar-refractivity contribution < 1.29 is 9.53 Å². The van der Waals surface area contributed by atoms with Crippen LogP contribution in [0.1, 0.15) is 18.4 Å². The van der Waals surface area contributed by atoms with Gasteiger partial charge < -0.3 is 10.1 Å². The maximum atomic E-state index is 13.4. The molecule has 1 amide bonds. The summed E-state index contributed by atoms with van der Waals surface area (Å²) in [5, 5.41) is 4.30. The number of hydrogen-bond acceptors (Lipinski definition) is 7. The van der Waals surface area contributed by atoms with Gasteiger partial charge in [-0.1, -0.05) is 23.9 Å². The van der Waals surface area contributed by atoms with Crippen LogP contribution in [0.15, 0.2) is 52.5 Å². The van der Waals surface area contributed by atoms with E-state index in [9.17, 15) is 9.59 Å². The number of nitrogens with zero attached hydrogens (tertiary/aromatic N) is 3. The highest BCUT2D eigenvalue weighted by Crippen LogP contribution is 2.31. The van der Waals surface area contributed by atoms with Crippen LogP contribution in [0.5, 0.6) is 0 Å². The first-order chi connectivity index (χ1) is 15.6. The van der Waals surface area contributed by atoms with Crippen LogP contribution >= 0.6 is 23.1 Å². The van der Waals surface area contributed by atoms with Gasteiger partial charge in [-0.2, -0.15) is 0 Å². The minimum Gasteiger partial charge on any atom is -0.376 e. The molecule has 32 heavy (non-hydrogen) atoms. The molecule has 0 radical (unpaired) electrons. The van der Waals surface area contributed by atoms with Crippen LogP contribution in [-0.2, 0) is 16.1 Å². The Labute approximate surface area is 192 Å². The van der Waals surface area contributed by atoms with E-state index in [-0.39, 0.29) is 23.3 Å².